The second-order valence-corrected chi connectivity index (χ2v) is 6.99. The molecule has 2 aromatic rings. The van der Waals surface area contributed by atoms with E-state index in [1.807, 2.05) is 42.2 Å². The van der Waals surface area contributed by atoms with Gasteiger partial charge in [-0.25, -0.2) is 4.68 Å². The minimum absolute atomic E-state index is 0.0845. The third-order valence-corrected chi connectivity index (χ3v) is 5.41. The van der Waals surface area contributed by atoms with Crippen molar-refractivity contribution in [2.75, 3.05) is 0 Å². The maximum Gasteiger partial charge on any atom is 0.169 e. The van der Waals surface area contributed by atoms with E-state index in [1.54, 1.807) is 0 Å². The van der Waals surface area contributed by atoms with Crippen LogP contribution in [0.3, 0.4) is 0 Å². The molecule has 24 heavy (non-hydrogen) atoms. The van der Waals surface area contributed by atoms with Crippen LogP contribution >= 0.6 is 0 Å². The van der Waals surface area contributed by atoms with Crippen molar-refractivity contribution >= 4 is 11.4 Å². The van der Waals surface area contributed by atoms with Crippen LogP contribution in [0.1, 0.15) is 42.9 Å². The van der Waals surface area contributed by atoms with Gasteiger partial charge in [0.2, 0.25) is 0 Å². The molecule has 2 bridgehead atoms. The van der Waals surface area contributed by atoms with Crippen molar-refractivity contribution in [3.05, 3.63) is 53.0 Å². The Bertz CT molecular complexity index is 847. The first kappa shape index (κ1) is 15.2. The van der Waals surface area contributed by atoms with Crippen molar-refractivity contribution in [1.29, 1.82) is 0 Å². The van der Waals surface area contributed by atoms with Gasteiger partial charge in [-0.3, -0.25) is 4.79 Å². The summed E-state index contributed by atoms with van der Waals surface area (Å²) in [6.45, 7) is 4.08. The number of rotatable bonds is 3. The van der Waals surface area contributed by atoms with E-state index in [0.717, 1.165) is 48.1 Å². The van der Waals surface area contributed by atoms with Crippen LogP contribution < -0.4 is 0 Å². The van der Waals surface area contributed by atoms with Gasteiger partial charge in [0.25, 0.3) is 0 Å². The Morgan fingerprint density at radius 2 is 2.08 bits per heavy atom. The number of aromatic nitrogens is 2. The molecule has 1 fully saturated rings. The third-order valence-electron chi connectivity index (χ3n) is 5.41. The van der Waals surface area contributed by atoms with Gasteiger partial charge in [-0.2, -0.15) is 5.10 Å². The van der Waals surface area contributed by atoms with E-state index in [4.69, 9.17) is 0 Å². The summed E-state index contributed by atoms with van der Waals surface area (Å²) >= 11 is 0. The average molecular weight is 322 g/mol. The van der Waals surface area contributed by atoms with E-state index < -0.39 is 0 Å². The zero-order valence-corrected chi connectivity index (χ0v) is 14.1. The SMILES string of the molecule is CCc1ccc(-n2cc(C)cn2)cc1C1=C(O)C2CCC(C2)C1=O. The lowest BCUT2D eigenvalue weighted by Crippen LogP contribution is -2.22. The number of carbonyl (C=O) groups excluding carboxylic acids is 1. The number of aliphatic hydroxyl groups is 1. The van der Waals surface area contributed by atoms with E-state index in [0.29, 0.717) is 11.3 Å². The lowest BCUT2D eigenvalue weighted by Gasteiger charge is -2.23. The Kier molecular flexibility index (Phi) is 3.56. The molecule has 0 spiro atoms. The smallest absolute Gasteiger partial charge is 0.169 e. The summed E-state index contributed by atoms with van der Waals surface area (Å²) in [5, 5.41) is 15.1. The van der Waals surface area contributed by atoms with E-state index in [1.165, 1.54) is 0 Å². The van der Waals surface area contributed by atoms with E-state index in [-0.39, 0.29) is 17.6 Å². The standard InChI is InChI=1S/C20H22N2O2/c1-3-13-6-7-16(22-11-12(2)10-21-22)9-17(13)18-19(23)14-4-5-15(8-14)20(18)24/h6-7,9-11,14-15,23H,3-5,8H2,1-2H3. The van der Waals surface area contributed by atoms with E-state index in [2.05, 4.69) is 12.0 Å². The molecular formula is C20H22N2O2. The highest BCUT2D eigenvalue weighted by atomic mass is 16.3. The van der Waals surface area contributed by atoms with Crippen LogP contribution in [0.25, 0.3) is 11.3 Å². The normalized spacial score (nSPS) is 23.2. The molecule has 1 aromatic heterocycles. The van der Waals surface area contributed by atoms with Crippen molar-refractivity contribution in [2.45, 2.75) is 39.5 Å². The predicted molar refractivity (Wildman–Crippen MR) is 93.1 cm³/mol. The summed E-state index contributed by atoms with van der Waals surface area (Å²) in [5.74, 6) is 0.659. The van der Waals surface area contributed by atoms with Crippen LogP contribution in [-0.2, 0) is 11.2 Å². The van der Waals surface area contributed by atoms with Gasteiger partial charge in [-0.15, -0.1) is 0 Å². The summed E-state index contributed by atoms with van der Waals surface area (Å²) < 4.78 is 1.82. The predicted octanol–water partition coefficient (Wildman–Crippen LogP) is 4.01. The van der Waals surface area contributed by atoms with Gasteiger partial charge in [0.1, 0.15) is 5.76 Å². The summed E-state index contributed by atoms with van der Waals surface area (Å²) in [6, 6.07) is 6.07. The van der Waals surface area contributed by atoms with Crippen LogP contribution in [0, 0.1) is 18.8 Å². The number of nitrogens with zero attached hydrogens (tertiary/aromatic N) is 2. The van der Waals surface area contributed by atoms with Crippen LogP contribution in [0.2, 0.25) is 0 Å². The van der Waals surface area contributed by atoms with Crippen LogP contribution in [0.15, 0.2) is 36.4 Å². The average Bonchev–Trinajstić information content (AvgIpc) is 3.21. The quantitative estimate of drug-likeness (QED) is 0.929. The minimum Gasteiger partial charge on any atom is -0.511 e. The fourth-order valence-corrected chi connectivity index (χ4v) is 4.08. The van der Waals surface area contributed by atoms with Crippen molar-refractivity contribution in [2.24, 2.45) is 11.8 Å². The number of aliphatic hydroxyl groups excluding tert-OH is 1. The molecule has 2 aliphatic rings. The number of aryl methyl sites for hydroxylation is 2. The fraction of sp³-hybridized carbons (Fsp3) is 0.400. The molecule has 124 valence electrons. The molecule has 0 amide bonds. The Balaban J connectivity index is 1.87. The van der Waals surface area contributed by atoms with Gasteiger partial charge in [-0.1, -0.05) is 13.0 Å². The summed E-state index contributed by atoms with van der Waals surface area (Å²) in [7, 11) is 0. The number of fused-ring (bicyclic) bond motifs is 2. The number of carbonyl (C=O) groups is 1. The highest BCUT2D eigenvalue weighted by Crippen LogP contribution is 2.46. The highest BCUT2D eigenvalue weighted by Gasteiger charge is 2.41. The number of ketones is 1. The number of benzene rings is 1. The Morgan fingerprint density at radius 3 is 2.79 bits per heavy atom. The van der Waals surface area contributed by atoms with Gasteiger partial charge < -0.3 is 5.11 Å². The van der Waals surface area contributed by atoms with Crippen LogP contribution in [-0.4, -0.2) is 20.7 Å². The number of hydrogen-bond donors (Lipinski definition) is 1. The second kappa shape index (κ2) is 5.62. The number of Topliss-reactive ketones (excluding diaryl/α,β-unsaturated/α-hetero) is 1. The van der Waals surface area contributed by atoms with Crippen LogP contribution in [0.5, 0.6) is 0 Å². The van der Waals surface area contributed by atoms with Crippen molar-refractivity contribution in [3.63, 3.8) is 0 Å². The highest BCUT2D eigenvalue weighted by molar-refractivity contribution is 6.23. The first-order chi connectivity index (χ1) is 11.6. The molecule has 0 radical (unpaired) electrons. The molecule has 1 aromatic carbocycles. The molecule has 1 saturated carbocycles. The topological polar surface area (TPSA) is 55.1 Å². The van der Waals surface area contributed by atoms with Gasteiger partial charge in [-0.05, 0) is 61.4 Å². The molecule has 2 atom stereocenters. The number of allylic oxidation sites excluding steroid dienone is 2. The summed E-state index contributed by atoms with van der Waals surface area (Å²) in [5.41, 5.74) is 4.53. The van der Waals surface area contributed by atoms with Crippen LogP contribution in [0.4, 0.5) is 0 Å². The maximum atomic E-state index is 12.9. The van der Waals surface area contributed by atoms with E-state index >= 15 is 0 Å². The summed E-state index contributed by atoms with van der Waals surface area (Å²) in [4.78, 5) is 12.9. The first-order valence-corrected chi connectivity index (χ1v) is 8.70. The van der Waals surface area contributed by atoms with Crippen molar-refractivity contribution < 1.29 is 9.90 Å². The van der Waals surface area contributed by atoms with Gasteiger partial charge in [0.05, 0.1) is 17.5 Å². The third kappa shape index (κ3) is 2.29. The Morgan fingerprint density at radius 1 is 1.29 bits per heavy atom. The van der Waals surface area contributed by atoms with E-state index in [9.17, 15) is 9.90 Å². The molecule has 2 unspecified atom stereocenters. The Labute approximate surface area is 141 Å². The van der Waals surface area contributed by atoms with Crippen molar-refractivity contribution in [1.82, 2.24) is 9.78 Å². The summed E-state index contributed by atoms with van der Waals surface area (Å²) in [6.07, 6.45) is 7.24. The van der Waals surface area contributed by atoms with Crippen molar-refractivity contribution in [3.8, 4) is 5.69 Å². The first-order valence-electron chi connectivity index (χ1n) is 8.70. The molecule has 0 aliphatic heterocycles. The molecule has 4 rings (SSSR count). The lowest BCUT2D eigenvalue weighted by atomic mass is 9.81. The lowest BCUT2D eigenvalue weighted by molar-refractivity contribution is -0.117. The van der Waals surface area contributed by atoms with Gasteiger partial charge >= 0.3 is 0 Å². The zero-order valence-electron chi connectivity index (χ0n) is 14.1. The fourth-order valence-electron chi connectivity index (χ4n) is 4.08. The van der Waals surface area contributed by atoms with Gasteiger partial charge in [0, 0.05) is 18.0 Å². The molecule has 2 aliphatic carbocycles. The zero-order chi connectivity index (χ0) is 16.8. The van der Waals surface area contributed by atoms with Gasteiger partial charge in [0.15, 0.2) is 5.78 Å². The minimum atomic E-state index is 0.0845. The monoisotopic (exact) mass is 322 g/mol. The largest absolute Gasteiger partial charge is 0.511 e. The number of hydrogen-bond acceptors (Lipinski definition) is 3. The molecule has 4 heteroatoms. The molecule has 1 N–H and O–H groups in total. The Hall–Kier alpha value is -2.36. The second-order valence-electron chi connectivity index (χ2n) is 6.99. The molecule has 4 nitrogen and oxygen atoms in total. The molecule has 0 saturated heterocycles. The maximum absolute atomic E-state index is 12.9. The molecular weight excluding hydrogens is 300 g/mol. The molecule has 1 heterocycles.